The van der Waals surface area contributed by atoms with Crippen molar-refractivity contribution in [1.82, 2.24) is 5.32 Å². The molecule has 0 aromatic heterocycles. The van der Waals surface area contributed by atoms with Gasteiger partial charge in [-0.15, -0.1) is 12.4 Å². The lowest BCUT2D eigenvalue weighted by atomic mass is 10.1. The van der Waals surface area contributed by atoms with E-state index in [0.29, 0.717) is 0 Å². The van der Waals surface area contributed by atoms with Gasteiger partial charge in [0.25, 0.3) is 0 Å². The molecule has 0 atom stereocenters. The lowest BCUT2D eigenvalue weighted by Crippen LogP contribution is -2.26. The first-order valence-electron chi connectivity index (χ1n) is 4.99. The molecular weight excluding hydrogens is 289 g/mol. The van der Waals surface area contributed by atoms with E-state index in [1.54, 1.807) is 0 Å². The second-order valence-corrected chi connectivity index (χ2v) is 4.61. The molecule has 88 valence electrons. The topological polar surface area (TPSA) is 36.4 Å². The summed E-state index contributed by atoms with van der Waals surface area (Å²) in [7, 11) is 0. The van der Waals surface area contributed by atoms with Crippen molar-refractivity contribution >= 4 is 40.0 Å². The molecule has 3 nitrogen and oxygen atoms in total. The highest BCUT2D eigenvalue weighted by atomic mass is 79.9. The van der Waals surface area contributed by atoms with Crippen LogP contribution in [0.2, 0.25) is 0 Å². The number of hydrogen-bond acceptors (Lipinski definition) is 3. The van der Waals surface area contributed by atoms with Crippen LogP contribution < -0.4 is 10.6 Å². The zero-order valence-corrected chi connectivity index (χ0v) is 11.7. The van der Waals surface area contributed by atoms with Gasteiger partial charge in [-0.2, -0.15) is 0 Å². The third-order valence-corrected chi connectivity index (χ3v) is 2.87. The monoisotopic (exact) mass is 303 g/mol. The summed E-state index contributed by atoms with van der Waals surface area (Å²) in [5, 5.41) is 6.52. The summed E-state index contributed by atoms with van der Waals surface area (Å²) < 4.78 is 1.12. The van der Waals surface area contributed by atoms with Crippen molar-refractivity contribution in [1.29, 1.82) is 0 Å². The highest BCUT2D eigenvalue weighted by molar-refractivity contribution is 9.10. The normalized spacial score (nSPS) is 13.8. The maximum atomic E-state index is 4.32. The molecule has 0 bridgehead atoms. The second-order valence-electron chi connectivity index (χ2n) is 3.70. The molecule has 0 amide bonds. The number of rotatable bonds is 1. The molecule has 0 aliphatic carbocycles. The van der Waals surface area contributed by atoms with E-state index in [4.69, 9.17) is 0 Å². The van der Waals surface area contributed by atoms with E-state index < -0.39 is 0 Å². The first-order valence-corrected chi connectivity index (χ1v) is 5.78. The third-order valence-electron chi connectivity index (χ3n) is 2.42. The fourth-order valence-electron chi connectivity index (χ4n) is 1.71. The van der Waals surface area contributed by atoms with Crippen LogP contribution in [0.4, 0.5) is 5.69 Å². The molecule has 0 saturated carbocycles. The molecule has 0 radical (unpaired) electrons. The molecule has 1 aliphatic rings. The van der Waals surface area contributed by atoms with Crippen molar-refractivity contribution in [2.75, 3.05) is 18.4 Å². The Morgan fingerprint density at radius 1 is 1.31 bits per heavy atom. The van der Waals surface area contributed by atoms with Crippen LogP contribution in [0, 0.1) is 13.8 Å². The quantitative estimate of drug-likeness (QED) is 0.837. The van der Waals surface area contributed by atoms with Crippen molar-refractivity contribution in [2.24, 2.45) is 4.99 Å². The Bertz CT molecular complexity index is 395. The maximum absolute atomic E-state index is 4.32. The predicted octanol–water partition coefficient (Wildman–Crippen LogP) is 2.86. The van der Waals surface area contributed by atoms with Crippen molar-refractivity contribution in [2.45, 2.75) is 13.8 Å². The number of hydrogen-bond donors (Lipinski definition) is 2. The fraction of sp³-hybridized carbons (Fsp3) is 0.364. The van der Waals surface area contributed by atoms with E-state index in [0.717, 1.165) is 29.2 Å². The molecule has 5 heteroatoms. The number of nitrogens with one attached hydrogen (secondary N) is 2. The summed E-state index contributed by atoms with van der Waals surface area (Å²) in [6.07, 6.45) is 0. The van der Waals surface area contributed by atoms with Crippen LogP contribution in [0.3, 0.4) is 0 Å². The summed E-state index contributed by atoms with van der Waals surface area (Å²) >= 11 is 3.49. The van der Waals surface area contributed by atoms with E-state index in [1.165, 1.54) is 11.1 Å². The van der Waals surface area contributed by atoms with E-state index in [-0.39, 0.29) is 12.4 Å². The minimum absolute atomic E-state index is 0. The minimum Gasteiger partial charge on any atom is -0.354 e. The first-order chi connectivity index (χ1) is 7.16. The van der Waals surface area contributed by atoms with Gasteiger partial charge in [-0.25, -0.2) is 0 Å². The van der Waals surface area contributed by atoms with Gasteiger partial charge in [-0.05, 0) is 37.1 Å². The third kappa shape index (κ3) is 2.89. The van der Waals surface area contributed by atoms with Gasteiger partial charge in [0.05, 0.1) is 6.54 Å². The average molecular weight is 305 g/mol. The summed E-state index contributed by atoms with van der Waals surface area (Å²) in [6, 6.07) is 4.20. The number of halogens is 2. The zero-order chi connectivity index (χ0) is 10.8. The molecular formula is C11H15BrClN3. The Labute approximate surface area is 110 Å². The molecule has 1 aromatic rings. The van der Waals surface area contributed by atoms with Crippen LogP contribution in [0.5, 0.6) is 0 Å². The van der Waals surface area contributed by atoms with Gasteiger partial charge in [-0.1, -0.05) is 15.9 Å². The number of guanidine groups is 1. The number of nitrogens with zero attached hydrogens (tertiary/aromatic N) is 1. The molecule has 1 aliphatic heterocycles. The van der Waals surface area contributed by atoms with Gasteiger partial charge in [0, 0.05) is 16.7 Å². The second kappa shape index (κ2) is 5.55. The van der Waals surface area contributed by atoms with Crippen molar-refractivity contribution in [3.05, 3.63) is 27.7 Å². The SMILES string of the molecule is Cc1cc(Br)cc(C)c1NC1=NCCN1.Cl. The molecule has 16 heavy (non-hydrogen) atoms. The van der Waals surface area contributed by atoms with Crippen LogP contribution in [0.1, 0.15) is 11.1 Å². The lowest BCUT2D eigenvalue weighted by molar-refractivity contribution is 0.959. The van der Waals surface area contributed by atoms with Gasteiger partial charge in [0.15, 0.2) is 5.96 Å². The largest absolute Gasteiger partial charge is 0.354 e. The number of benzene rings is 1. The minimum atomic E-state index is 0. The van der Waals surface area contributed by atoms with Gasteiger partial charge in [0.2, 0.25) is 0 Å². The van der Waals surface area contributed by atoms with E-state index in [2.05, 4.69) is 57.5 Å². The van der Waals surface area contributed by atoms with Crippen LogP contribution in [-0.4, -0.2) is 19.0 Å². The Hall–Kier alpha value is -0.740. The molecule has 0 saturated heterocycles. The zero-order valence-electron chi connectivity index (χ0n) is 9.30. The Kier molecular flexibility index (Phi) is 4.62. The lowest BCUT2D eigenvalue weighted by Gasteiger charge is -2.13. The van der Waals surface area contributed by atoms with Gasteiger partial charge < -0.3 is 10.6 Å². The Morgan fingerprint density at radius 3 is 2.44 bits per heavy atom. The van der Waals surface area contributed by atoms with E-state index in [9.17, 15) is 0 Å². The molecule has 1 aromatic carbocycles. The number of anilines is 1. The summed E-state index contributed by atoms with van der Waals surface area (Å²) in [4.78, 5) is 4.32. The van der Waals surface area contributed by atoms with Crippen molar-refractivity contribution < 1.29 is 0 Å². The van der Waals surface area contributed by atoms with E-state index in [1.807, 2.05) is 0 Å². The molecule has 0 unspecified atom stereocenters. The Morgan fingerprint density at radius 2 is 1.94 bits per heavy atom. The van der Waals surface area contributed by atoms with E-state index >= 15 is 0 Å². The highest BCUT2D eigenvalue weighted by Crippen LogP contribution is 2.25. The molecule has 0 fully saturated rings. The number of aliphatic imine (C=N–C) groups is 1. The molecule has 2 rings (SSSR count). The van der Waals surface area contributed by atoms with Gasteiger partial charge in [-0.3, -0.25) is 4.99 Å². The van der Waals surface area contributed by atoms with Crippen LogP contribution in [0.15, 0.2) is 21.6 Å². The average Bonchev–Trinajstić information content (AvgIpc) is 2.63. The van der Waals surface area contributed by atoms with Crippen LogP contribution >= 0.6 is 28.3 Å². The van der Waals surface area contributed by atoms with Crippen molar-refractivity contribution in [3.63, 3.8) is 0 Å². The number of aryl methyl sites for hydroxylation is 2. The smallest absolute Gasteiger partial charge is 0.195 e. The maximum Gasteiger partial charge on any atom is 0.195 e. The predicted molar refractivity (Wildman–Crippen MR) is 74.8 cm³/mol. The van der Waals surface area contributed by atoms with Gasteiger partial charge in [0.1, 0.15) is 0 Å². The fourth-order valence-corrected chi connectivity index (χ4v) is 2.39. The molecule has 0 spiro atoms. The van der Waals surface area contributed by atoms with Gasteiger partial charge >= 0.3 is 0 Å². The van der Waals surface area contributed by atoms with Crippen molar-refractivity contribution in [3.8, 4) is 0 Å². The first kappa shape index (κ1) is 13.3. The summed E-state index contributed by atoms with van der Waals surface area (Å²) in [6.45, 7) is 5.97. The molecule has 1 heterocycles. The summed E-state index contributed by atoms with van der Waals surface area (Å²) in [5.41, 5.74) is 3.59. The highest BCUT2D eigenvalue weighted by Gasteiger charge is 2.09. The van der Waals surface area contributed by atoms with Crippen LogP contribution in [0.25, 0.3) is 0 Å². The molecule has 2 N–H and O–H groups in total. The van der Waals surface area contributed by atoms with Crippen LogP contribution in [-0.2, 0) is 0 Å². The summed E-state index contributed by atoms with van der Waals surface area (Å²) in [5.74, 6) is 0.878. The standard InChI is InChI=1S/C11H14BrN3.ClH/c1-7-5-9(12)6-8(2)10(7)15-11-13-3-4-14-11;/h5-6H,3-4H2,1-2H3,(H2,13,14,15);1H. The Balaban J connectivity index is 0.00000128.